The molecule has 3 rings (SSSR count). The number of hydrogen-bond donors (Lipinski definition) is 2. The van der Waals surface area contributed by atoms with Gasteiger partial charge < -0.3 is 11.1 Å². The molecule has 0 spiro atoms. The van der Waals surface area contributed by atoms with Gasteiger partial charge in [-0.15, -0.1) is 11.3 Å². The normalized spacial score (nSPS) is 12.2. The summed E-state index contributed by atoms with van der Waals surface area (Å²) in [5, 5.41) is 3.25. The Hall–Kier alpha value is -3.00. The van der Waals surface area contributed by atoms with Crippen LogP contribution in [0.5, 0.6) is 0 Å². The molecule has 0 bridgehead atoms. The lowest BCUT2D eigenvalue weighted by molar-refractivity contribution is -0.120. The minimum Gasteiger partial charge on any atom is -0.368 e. The lowest BCUT2D eigenvalue weighted by Crippen LogP contribution is -2.34. The summed E-state index contributed by atoms with van der Waals surface area (Å²) in [6, 6.07) is 4.95. The number of aryl methyl sites for hydroxylation is 4. The van der Waals surface area contributed by atoms with Gasteiger partial charge in [0.25, 0.3) is 11.5 Å². The number of thiophene rings is 1. The number of nitrogens with two attached hydrogens (primary N) is 1. The van der Waals surface area contributed by atoms with Crippen LogP contribution in [0.4, 0.5) is 5.69 Å². The van der Waals surface area contributed by atoms with Crippen molar-refractivity contribution in [1.29, 1.82) is 0 Å². The van der Waals surface area contributed by atoms with E-state index < -0.39 is 11.9 Å². The van der Waals surface area contributed by atoms with Crippen LogP contribution in [0.3, 0.4) is 0 Å². The van der Waals surface area contributed by atoms with Gasteiger partial charge in [-0.05, 0) is 51.8 Å². The summed E-state index contributed by atoms with van der Waals surface area (Å²) in [6.45, 7) is 8.83. The minimum absolute atomic E-state index is 0.293. The average Bonchev–Trinajstić information content (AvgIpc) is 2.93. The number of carbonyl (C=O) groups excluding carboxylic acids is 2. The molecule has 1 aromatic carbocycles. The Kier molecular flexibility index (Phi) is 5.08. The Balaban J connectivity index is 2.09. The summed E-state index contributed by atoms with van der Waals surface area (Å²) in [6.07, 6.45) is 0. The van der Waals surface area contributed by atoms with Crippen LogP contribution in [0.15, 0.2) is 23.0 Å². The quantitative estimate of drug-likeness (QED) is 0.704. The number of amides is 2. The molecule has 1 unspecified atom stereocenters. The first-order valence-electron chi connectivity index (χ1n) is 8.82. The second-order valence-corrected chi connectivity index (χ2v) is 7.92. The minimum atomic E-state index is -0.823. The Morgan fingerprint density at radius 2 is 1.89 bits per heavy atom. The zero-order valence-corrected chi connectivity index (χ0v) is 17.2. The van der Waals surface area contributed by atoms with Gasteiger partial charge in [0, 0.05) is 5.69 Å². The van der Waals surface area contributed by atoms with Crippen LogP contribution in [-0.2, 0) is 4.79 Å². The SMILES string of the molecule is Cc1ccc(NC(=O)c2sc3nc(C)n(C(C)C(N)=O)c(=O)c3c2C)c(C)c1. The Morgan fingerprint density at radius 1 is 1.21 bits per heavy atom. The van der Waals surface area contributed by atoms with Crippen LogP contribution in [0, 0.1) is 27.7 Å². The predicted octanol–water partition coefficient (Wildman–Crippen LogP) is 2.99. The van der Waals surface area contributed by atoms with E-state index in [9.17, 15) is 14.4 Å². The van der Waals surface area contributed by atoms with E-state index in [1.807, 2.05) is 32.0 Å². The molecule has 0 saturated heterocycles. The number of anilines is 1. The highest BCUT2D eigenvalue weighted by Crippen LogP contribution is 2.29. The van der Waals surface area contributed by atoms with E-state index in [0.29, 0.717) is 26.5 Å². The molecule has 8 heteroatoms. The highest BCUT2D eigenvalue weighted by atomic mass is 32.1. The van der Waals surface area contributed by atoms with Crippen molar-refractivity contribution >= 4 is 39.1 Å². The van der Waals surface area contributed by atoms with Gasteiger partial charge in [-0.2, -0.15) is 0 Å². The lowest BCUT2D eigenvalue weighted by Gasteiger charge is -2.14. The van der Waals surface area contributed by atoms with Crippen LogP contribution in [0.25, 0.3) is 10.2 Å². The molecule has 0 saturated carbocycles. The molecule has 1 atom stereocenters. The Bertz CT molecular complexity index is 1180. The molecule has 3 aromatic rings. The lowest BCUT2D eigenvalue weighted by atomic mass is 10.1. The number of rotatable bonds is 4. The largest absolute Gasteiger partial charge is 0.368 e. The molecule has 3 N–H and O–H groups in total. The average molecular weight is 398 g/mol. The third kappa shape index (κ3) is 3.31. The summed E-state index contributed by atoms with van der Waals surface area (Å²) < 4.78 is 1.27. The zero-order valence-electron chi connectivity index (χ0n) is 16.4. The fourth-order valence-electron chi connectivity index (χ4n) is 3.23. The predicted molar refractivity (Wildman–Crippen MR) is 111 cm³/mol. The first kappa shape index (κ1) is 19.8. The molecule has 0 aliphatic heterocycles. The molecule has 0 radical (unpaired) electrons. The maximum absolute atomic E-state index is 13.0. The molecular formula is C20H22N4O3S. The molecule has 2 heterocycles. The van der Waals surface area contributed by atoms with Gasteiger partial charge in [-0.1, -0.05) is 17.7 Å². The molecule has 0 fully saturated rings. The van der Waals surface area contributed by atoms with E-state index in [-0.39, 0.29) is 11.5 Å². The summed E-state index contributed by atoms with van der Waals surface area (Å²) in [7, 11) is 0. The van der Waals surface area contributed by atoms with E-state index in [1.54, 1.807) is 20.8 Å². The Morgan fingerprint density at radius 3 is 2.50 bits per heavy atom. The van der Waals surface area contributed by atoms with Crippen molar-refractivity contribution in [2.24, 2.45) is 5.73 Å². The fourth-order valence-corrected chi connectivity index (χ4v) is 4.34. The highest BCUT2D eigenvalue weighted by Gasteiger charge is 2.24. The van der Waals surface area contributed by atoms with Crippen LogP contribution in [0.1, 0.15) is 45.2 Å². The molecule has 2 aromatic heterocycles. The second-order valence-electron chi connectivity index (χ2n) is 6.92. The summed E-state index contributed by atoms with van der Waals surface area (Å²) in [5.41, 5.74) is 8.33. The van der Waals surface area contributed by atoms with Gasteiger partial charge in [0.05, 0.1) is 10.3 Å². The first-order chi connectivity index (χ1) is 13.1. The molecular weight excluding hydrogens is 376 g/mol. The number of nitrogens with zero attached hydrogens (tertiary/aromatic N) is 2. The monoisotopic (exact) mass is 398 g/mol. The third-order valence-electron chi connectivity index (χ3n) is 4.81. The molecule has 7 nitrogen and oxygen atoms in total. The zero-order chi connectivity index (χ0) is 20.7. The number of aromatic nitrogens is 2. The van der Waals surface area contributed by atoms with E-state index in [2.05, 4.69) is 10.3 Å². The van der Waals surface area contributed by atoms with Crippen molar-refractivity contribution in [3.05, 3.63) is 55.9 Å². The van der Waals surface area contributed by atoms with Crippen LogP contribution >= 0.6 is 11.3 Å². The van der Waals surface area contributed by atoms with Gasteiger partial charge in [0.1, 0.15) is 16.7 Å². The smallest absolute Gasteiger partial charge is 0.266 e. The van der Waals surface area contributed by atoms with Gasteiger partial charge >= 0.3 is 0 Å². The second kappa shape index (κ2) is 7.20. The number of nitrogens with one attached hydrogen (secondary N) is 1. The number of carbonyl (C=O) groups is 2. The van der Waals surface area contributed by atoms with Crippen molar-refractivity contribution < 1.29 is 9.59 Å². The third-order valence-corrected chi connectivity index (χ3v) is 5.99. The van der Waals surface area contributed by atoms with Crippen LogP contribution < -0.4 is 16.6 Å². The van der Waals surface area contributed by atoms with Gasteiger partial charge in [0.2, 0.25) is 5.91 Å². The van der Waals surface area contributed by atoms with E-state index >= 15 is 0 Å². The summed E-state index contributed by atoms with van der Waals surface area (Å²) in [4.78, 5) is 42.7. The number of benzene rings is 1. The molecule has 0 aliphatic carbocycles. The standard InChI is InChI=1S/C20H22N4O3S/c1-9-6-7-14(10(2)8-9)23-18(26)16-11(3)15-19(28-16)22-13(5)24(20(15)27)12(4)17(21)25/h6-8,12H,1-5H3,(H2,21,25)(H,23,26). The molecule has 146 valence electrons. The topological polar surface area (TPSA) is 107 Å². The Labute approximate surface area is 166 Å². The number of fused-ring (bicyclic) bond motifs is 1. The summed E-state index contributed by atoms with van der Waals surface area (Å²) in [5.74, 6) is -0.530. The fraction of sp³-hybridized carbons (Fsp3) is 0.300. The maximum atomic E-state index is 13.0. The number of primary amides is 1. The molecule has 28 heavy (non-hydrogen) atoms. The highest BCUT2D eigenvalue weighted by molar-refractivity contribution is 7.20. The van der Waals surface area contributed by atoms with Crippen molar-refractivity contribution in [2.45, 2.75) is 40.7 Å². The van der Waals surface area contributed by atoms with Gasteiger partial charge in [-0.3, -0.25) is 19.0 Å². The van der Waals surface area contributed by atoms with Crippen molar-refractivity contribution in [2.75, 3.05) is 5.32 Å². The van der Waals surface area contributed by atoms with Crippen LogP contribution in [0.2, 0.25) is 0 Å². The van der Waals surface area contributed by atoms with Gasteiger partial charge in [-0.25, -0.2) is 4.98 Å². The first-order valence-corrected chi connectivity index (χ1v) is 9.63. The van der Waals surface area contributed by atoms with E-state index in [1.165, 1.54) is 4.57 Å². The van der Waals surface area contributed by atoms with E-state index in [0.717, 1.165) is 28.2 Å². The van der Waals surface area contributed by atoms with Crippen molar-refractivity contribution in [1.82, 2.24) is 9.55 Å². The summed E-state index contributed by atoms with van der Waals surface area (Å²) >= 11 is 1.16. The van der Waals surface area contributed by atoms with Gasteiger partial charge in [0.15, 0.2) is 0 Å². The maximum Gasteiger partial charge on any atom is 0.266 e. The van der Waals surface area contributed by atoms with Crippen molar-refractivity contribution in [3.8, 4) is 0 Å². The van der Waals surface area contributed by atoms with E-state index in [4.69, 9.17) is 5.73 Å². The van der Waals surface area contributed by atoms with Crippen LogP contribution in [-0.4, -0.2) is 21.4 Å². The molecule has 0 aliphatic rings. The van der Waals surface area contributed by atoms with Crippen molar-refractivity contribution in [3.63, 3.8) is 0 Å². The molecule has 2 amide bonds. The number of hydrogen-bond acceptors (Lipinski definition) is 5.